The van der Waals surface area contributed by atoms with Gasteiger partial charge < -0.3 is 14.7 Å². The molecule has 4 rings (SSSR count). The molecule has 3 fully saturated rings. The second-order valence-electron chi connectivity index (χ2n) is 8.43. The summed E-state index contributed by atoms with van der Waals surface area (Å²) in [5, 5.41) is 0.212. The van der Waals surface area contributed by atoms with Crippen LogP contribution in [0.15, 0.2) is 24.3 Å². The highest BCUT2D eigenvalue weighted by Gasteiger charge is 2.40. The Balaban J connectivity index is 1.34. The molecule has 2 saturated heterocycles. The molecule has 152 valence electrons. The minimum atomic E-state index is 0.0781. The van der Waals surface area contributed by atoms with Crippen molar-refractivity contribution in [3.8, 4) is 0 Å². The summed E-state index contributed by atoms with van der Waals surface area (Å²) in [4.78, 5) is 30.8. The van der Waals surface area contributed by atoms with Gasteiger partial charge in [0.1, 0.15) is 5.37 Å². The molecule has 2 amide bonds. The number of rotatable bonds is 6. The number of thioether (sulfide) groups is 1. The number of hydrogen-bond donors (Lipinski definition) is 1. The molecule has 3 aliphatic rings. The molecule has 2 heterocycles. The molecule has 2 atom stereocenters. The van der Waals surface area contributed by atoms with E-state index >= 15 is 0 Å². The van der Waals surface area contributed by atoms with E-state index in [1.54, 1.807) is 11.8 Å². The monoisotopic (exact) mass is 402 g/mol. The Labute approximate surface area is 172 Å². The van der Waals surface area contributed by atoms with Crippen LogP contribution in [0.1, 0.15) is 42.7 Å². The van der Waals surface area contributed by atoms with Gasteiger partial charge >= 0.3 is 0 Å². The van der Waals surface area contributed by atoms with Crippen molar-refractivity contribution in [3.05, 3.63) is 35.4 Å². The Morgan fingerprint density at radius 1 is 1.18 bits per heavy atom. The van der Waals surface area contributed by atoms with Crippen molar-refractivity contribution in [2.24, 2.45) is 5.92 Å². The van der Waals surface area contributed by atoms with E-state index in [2.05, 4.69) is 47.9 Å². The zero-order chi connectivity index (χ0) is 19.7. The van der Waals surface area contributed by atoms with Crippen molar-refractivity contribution >= 4 is 23.6 Å². The SMILES string of the molecule is CC[C@@H]1S[C@H](c2ccc(C)cc2)N(CC[NH+]2CCN(C(=O)C3CC3)CC2)C1=O. The largest absolute Gasteiger partial charge is 0.331 e. The Kier molecular flexibility index (Phi) is 5.97. The molecule has 1 N–H and O–H groups in total. The van der Waals surface area contributed by atoms with Gasteiger partial charge in [-0.3, -0.25) is 9.59 Å². The highest BCUT2D eigenvalue weighted by atomic mass is 32.2. The Bertz CT molecular complexity index is 711. The molecule has 2 aliphatic heterocycles. The number of amides is 2. The van der Waals surface area contributed by atoms with Crippen LogP contribution in [0.5, 0.6) is 0 Å². The van der Waals surface area contributed by atoms with Crippen LogP contribution in [0.3, 0.4) is 0 Å². The first-order valence-corrected chi connectivity index (χ1v) is 11.7. The van der Waals surface area contributed by atoms with Gasteiger partial charge in [-0.2, -0.15) is 0 Å². The highest BCUT2D eigenvalue weighted by Crippen LogP contribution is 2.43. The summed E-state index contributed by atoms with van der Waals surface area (Å²) in [6, 6.07) is 8.61. The predicted octanol–water partition coefficient (Wildman–Crippen LogP) is 1.48. The second kappa shape index (κ2) is 8.46. The minimum Gasteiger partial charge on any atom is -0.331 e. The van der Waals surface area contributed by atoms with Crippen molar-refractivity contribution < 1.29 is 14.5 Å². The summed E-state index contributed by atoms with van der Waals surface area (Å²) in [6.45, 7) is 9.70. The zero-order valence-corrected chi connectivity index (χ0v) is 17.8. The lowest BCUT2D eigenvalue weighted by atomic mass is 10.1. The van der Waals surface area contributed by atoms with Crippen molar-refractivity contribution in [2.75, 3.05) is 39.3 Å². The van der Waals surface area contributed by atoms with Gasteiger partial charge in [-0.15, -0.1) is 11.8 Å². The summed E-state index contributed by atoms with van der Waals surface area (Å²) >= 11 is 1.80. The van der Waals surface area contributed by atoms with E-state index in [0.29, 0.717) is 17.7 Å². The van der Waals surface area contributed by atoms with E-state index in [4.69, 9.17) is 0 Å². The van der Waals surface area contributed by atoms with Crippen molar-refractivity contribution in [3.63, 3.8) is 0 Å². The first-order valence-electron chi connectivity index (χ1n) is 10.7. The number of carbonyl (C=O) groups is 2. The minimum absolute atomic E-state index is 0.0781. The van der Waals surface area contributed by atoms with Gasteiger partial charge in [-0.25, -0.2) is 0 Å². The summed E-state index contributed by atoms with van der Waals surface area (Å²) in [5.74, 6) is 0.984. The molecule has 6 heteroatoms. The molecule has 0 bridgehead atoms. The third-order valence-corrected chi connectivity index (χ3v) is 7.93. The number of benzene rings is 1. The molecule has 1 aromatic carbocycles. The van der Waals surface area contributed by atoms with Gasteiger partial charge in [0.05, 0.1) is 44.5 Å². The topological polar surface area (TPSA) is 45.1 Å². The van der Waals surface area contributed by atoms with Crippen LogP contribution in [0, 0.1) is 12.8 Å². The summed E-state index contributed by atoms with van der Waals surface area (Å²) < 4.78 is 0. The van der Waals surface area contributed by atoms with E-state index in [1.165, 1.54) is 16.0 Å². The lowest BCUT2D eigenvalue weighted by Crippen LogP contribution is -3.15. The molecule has 28 heavy (non-hydrogen) atoms. The molecule has 1 aliphatic carbocycles. The van der Waals surface area contributed by atoms with Gasteiger partial charge in [0.25, 0.3) is 0 Å². The lowest BCUT2D eigenvalue weighted by Gasteiger charge is -2.33. The number of hydrogen-bond acceptors (Lipinski definition) is 3. The summed E-state index contributed by atoms with van der Waals surface area (Å²) in [5.41, 5.74) is 2.48. The molecule has 5 nitrogen and oxygen atoms in total. The molecule has 1 saturated carbocycles. The number of nitrogens with zero attached hydrogens (tertiary/aromatic N) is 2. The van der Waals surface area contributed by atoms with Gasteiger partial charge in [0.15, 0.2) is 0 Å². The fourth-order valence-electron chi connectivity index (χ4n) is 4.24. The molecule has 0 unspecified atom stereocenters. The standard InChI is InChI=1S/C22H31N3O2S/c1-3-19-21(27)25(22(28-19)18-6-4-16(2)5-7-18)15-12-23-10-13-24(14-11-23)20(26)17-8-9-17/h4-7,17,19,22H,3,8-15H2,1-2H3/p+1/t19-,22+/m0/s1. The van der Waals surface area contributed by atoms with Crippen molar-refractivity contribution in [1.82, 2.24) is 9.80 Å². The molecular formula is C22H32N3O2S+. The van der Waals surface area contributed by atoms with Crippen molar-refractivity contribution in [2.45, 2.75) is 43.7 Å². The predicted molar refractivity (Wildman–Crippen MR) is 112 cm³/mol. The Morgan fingerprint density at radius 2 is 1.86 bits per heavy atom. The Morgan fingerprint density at radius 3 is 2.46 bits per heavy atom. The van der Waals surface area contributed by atoms with Gasteiger partial charge in [-0.1, -0.05) is 36.8 Å². The normalized spacial score (nSPS) is 26.1. The number of aryl methyl sites for hydroxylation is 1. The smallest absolute Gasteiger partial charge is 0.237 e. The van der Waals surface area contributed by atoms with E-state index < -0.39 is 0 Å². The van der Waals surface area contributed by atoms with Crippen LogP contribution in [-0.4, -0.2) is 66.1 Å². The second-order valence-corrected chi connectivity index (χ2v) is 9.71. The first-order chi connectivity index (χ1) is 13.6. The third-order valence-electron chi connectivity index (χ3n) is 6.28. The molecule has 0 spiro atoms. The average molecular weight is 403 g/mol. The van der Waals surface area contributed by atoms with E-state index in [9.17, 15) is 9.59 Å². The zero-order valence-electron chi connectivity index (χ0n) is 17.0. The fraction of sp³-hybridized carbons (Fsp3) is 0.636. The molecule has 1 aromatic rings. The maximum atomic E-state index is 12.9. The van der Waals surface area contributed by atoms with Crippen molar-refractivity contribution in [1.29, 1.82) is 0 Å². The summed E-state index contributed by atoms with van der Waals surface area (Å²) in [6.07, 6.45) is 3.05. The summed E-state index contributed by atoms with van der Waals surface area (Å²) in [7, 11) is 0. The fourth-order valence-corrected chi connectivity index (χ4v) is 5.66. The van der Waals surface area contributed by atoms with E-state index in [1.807, 2.05) is 0 Å². The van der Waals surface area contributed by atoms with Crippen LogP contribution >= 0.6 is 11.8 Å². The van der Waals surface area contributed by atoms with Crippen LogP contribution in [0.4, 0.5) is 0 Å². The van der Waals surface area contributed by atoms with E-state index in [0.717, 1.165) is 58.5 Å². The highest BCUT2D eigenvalue weighted by molar-refractivity contribution is 8.01. The maximum Gasteiger partial charge on any atom is 0.237 e. The molecule has 0 radical (unpaired) electrons. The quantitative estimate of drug-likeness (QED) is 0.784. The van der Waals surface area contributed by atoms with Crippen LogP contribution in [0.25, 0.3) is 0 Å². The lowest BCUT2D eigenvalue weighted by molar-refractivity contribution is -0.903. The van der Waals surface area contributed by atoms with Crippen LogP contribution in [0.2, 0.25) is 0 Å². The Hall–Kier alpha value is -1.53. The average Bonchev–Trinajstić information content (AvgIpc) is 3.51. The van der Waals surface area contributed by atoms with Gasteiger partial charge in [0, 0.05) is 5.92 Å². The van der Waals surface area contributed by atoms with Crippen LogP contribution in [-0.2, 0) is 9.59 Å². The van der Waals surface area contributed by atoms with Crippen LogP contribution < -0.4 is 4.90 Å². The number of quaternary nitrogens is 1. The first kappa shape index (κ1) is 19.8. The number of carbonyl (C=O) groups excluding carboxylic acids is 2. The number of piperazine rings is 1. The molecular weight excluding hydrogens is 370 g/mol. The maximum absolute atomic E-state index is 12.9. The molecule has 0 aromatic heterocycles. The third kappa shape index (κ3) is 4.23. The van der Waals surface area contributed by atoms with Gasteiger partial charge in [-0.05, 0) is 31.7 Å². The number of nitrogens with one attached hydrogen (secondary N) is 1. The van der Waals surface area contributed by atoms with E-state index in [-0.39, 0.29) is 10.6 Å². The van der Waals surface area contributed by atoms with Gasteiger partial charge in [0.2, 0.25) is 11.8 Å².